The van der Waals surface area contributed by atoms with Crippen LogP contribution in [0.25, 0.3) is 0 Å². The summed E-state index contributed by atoms with van der Waals surface area (Å²) in [6, 6.07) is 16.4. The van der Waals surface area contributed by atoms with E-state index in [1.807, 2.05) is 30.3 Å². The quantitative estimate of drug-likeness (QED) is 0.669. The van der Waals surface area contributed by atoms with E-state index in [4.69, 9.17) is 4.74 Å². The number of amides is 1. The summed E-state index contributed by atoms with van der Waals surface area (Å²) in [5, 5.41) is 0. The second-order valence-electron chi connectivity index (χ2n) is 6.37. The molecule has 1 atom stereocenters. The lowest BCUT2D eigenvalue weighted by Crippen LogP contribution is -2.31. The summed E-state index contributed by atoms with van der Waals surface area (Å²) < 4.78 is 6.73. The lowest BCUT2D eigenvalue weighted by atomic mass is 10.1. The Morgan fingerprint density at radius 1 is 1.14 bits per heavy atom. The molecule has 7 heteroatoms. The fourth-order valence-corrected chi connectivity index (χ4v) is 4.69. The second kappa shape index (κ2) is 9.80. The second-order valence-corrected chi connectivity index (χ2v) is 8.68. The molecule has 5 nitrogen and oxygen atoms in total. The number of carbonyl (C=O) groups is 2. The van der Waals surface area contributed by atoms with Crippen LogP contribution in [0.1, 0.15) is 27.6 Å². The van der Waals surface area contributed by atoms with Crippen molar-refractivity contribution >= 4 is 39.8 Å². The Morgan fingerprint density at radius 3 is 2.54 bits per heavy atom. The maximum atomic E-state index is 12.9. The summed E-state index contributed by atoms with van der Waals surface area (Å²) in [5.41, 5.74) is 2.00. The van der Waals surface area contributed by atoms with Crippen LogP contribution >= 0.6 is 23.5 Å². The highest BCUT2D eigenvalue weighted by molar-refractivity contribution is 8.38. The summed E-state index contributed by atoms with van der Waals surface area (Å²) in [5.74, 6) is 0.871. The number of hydrogen-bond donors (Lipinski definition) is 0. The lowest BCUT2D eigenvalue weighted by Gasteiger charge is -2.21. The van der Waals surface area contributed by atoms with Crippen molar-refractivity contribution in [1.29, 1.82) is 0 Å². The van der Waals surface area contributed by atoms with Gasteiger partial charge >= 0.3 is 5.97 Å². The predicted octanol–water partition coefficient (Wildman–Crippen LogP) is 4.01. The molecule has 2 aromatic rings. The van der Waals surface area contributed by atoms with Crippen molar-refractivity contribution in [2.24, 2.45) is 4.99 Å². The van der Waals surface area contributed by atoms with Crippen LogP contribution in [0.2, 0.25) is 0 Å². The monoisotopic (exact) mass is 414 g/mol. The molecule has 1 amide bonds. The van der Waals surface area contributed by atoms with Crippen molar-refractivity contribution in [2.75, 3.05) is 26.4 Å². The first-order valence-electron chi connectivity index (χ1n) is 8.91. The molecule has 0 unspecified atom stereocenters. The molecule has 2 aromatic carbocycles. The number of thioether (sulfide) groups is 2. The van der Waals surface area contributed by atoms with Crippen LogP contribution in [0, 0.1) is 0 Å². The molecule has 28 heavy (non-hydrogen) atoms. The largest absolute Gasteiger partial charge is 0.444 e. The molecule has 0 bridgehead atoms. The predicted molar refractivity (Wildman–Crippen MR) is 116 cm³/mol. The van der Waals surface area contributed by atoms with E-state index in [2.05, 4.69) is 4.99 Å². The SMILES string of the molecule is CN(C)C(=O)[C@H](OC(=O)c1ccccc1CSC1=NCCS1)c1ccccc1. The summed E-state index contributed by atoms with van der Waals surface area (Å²) in [7, 11) is 3.30. The molecule has 0 saturated carbocycles. The van der Waals surface area contributed by atoms with Crippen LogP contribution in [0.15, 0.2) is 59.6 Å². The summed E-state index contributed by atoms with van der Waals surface area (Å²) in [6.07, 6.45) is -0.973. The van der Waals surface area contributed by atoms with Crippen molar-refractivity contribution < 1.29 is 14.3 Å². The van der Waals surface area contributed by atoms with E-state index in [1.54, 1.807) is 61.9 Å². The molecule has 1 aliphatic rings. The van der Waals surface area contributed by atoms with Crippen molar-refractivity contribution in [1.82, 2.24) is 4.90 Å². The van der Waals surface area contributed by atoms with E-state index >= 15 is 0 Å². The smallest absolute Gasteiger partial charge is 0.339 e. The number of likely N-dealkylation sites (N-methyl/N-ethyl adjacent to an activating group) is 1. The Morgan fingerprint density at radius 2 is 1.86 bits per heavy atom. The first kappa shape index (κ1) is 20.5. The number of rotatable bonds is 6. The van der Waals surface area contributed by atoms with Crippen LogP contribution in [-0.4, -0.2) is 47.5 Å². The van der Waals surface area contributed by atoms with Gasteiger partial charge in [0.25, 0.3) is 5.91 Å². The first-order valence-corrected chi connectivity index (χ1v) is 10.9. The zero-order chi connectivity index (χ0) is 19.9. The van der Waals surface area contributed by atoms with Crippen LogP contribution < -0.4 is 0 Å². The molecule has 0 aliphatic carbocycles. The third-order valence-corrected chi connectivity index (χ3v) is 6.44. The summed E-state index contributed by atoms with van der Waals surface area (Å²) >= 11 is 3.36. The van der Waals surface area contributed by atoms with E-state index in [0.29, 0.717) is 16.9 Å². The highest BCUT2D eigenvalue weighted by Crippen LogP contribution is 2.28. The van der Waals surface area contributed by atoms with Gasteiger partial charge in [-0.2, -0.15) is 0 Å². The number of nitrogens with zero attached hydrogens (tertiary/aromatic N) is 2. The normalized spacial score (nSPS) is 14.3. The molecule has 0 spiro atoms. The zero-order valence-electron chi connectivity index (χ0n) is 15.8. The fourth-order valence-electron chi connectivity index (χ4n) is 2.68. The Balaban J connectivity index is 1.79. The first-order chi connectivity index (χ1) is 13.6. The Labute approximate surface area is 173 Å². The van der Waals surface area contributed by atoms with Gasteiger partial charge in [0.2, 0.25) is 6.10 Å². The fraction of sp³-hybridized carbons (Fsp3) is 0.286. The number of benzene rings is 2. The van der Waals surface area contributed by atoms with Crippen molar-refractivity contribution in [3.63, 3.8) is 0 Å². The molecule has 0 aromatic heterocycles. The standard InChI is InChI=1S/C21H22N2O3S2/c1-23(2)19(24)18(15-8-4-3-5-9-15)26-20(25)17-11-7-6-10-16(17)14-28-21-22-12-13-27-21/h3-11,18H,12-14H2,1-2H3/t18-/m1/s1. The van der Waals surface area contributed by atoms with E-state index < -0.39 is 12.1 Å². The molecular weight excluding hydrogens is 392 g/mol. The lowest BCUT2D eigenvalue weighted by molar-refractivity contribution is -0.138. The molecule has 1 heterocycles. The maximum absolute atomic E-state index is 12.9. The van der Waals surface area contributed by atoms with Crippen molar-refractivity contribution in [3.8, 4) is 0 Å². The Kier molecular flexibility index (Phi) is 7.17. The number of hydrogen-bond acceptors (Lipinski definition) is 6. The van der Waals surface area contributed by atoms with Crippen LogP contribution in [0.5, 0.6) is 0 Å². The van der Waals surface area contributed by atoms with Crippen LogP contribution in [-0.2, 0) is 15.3 Å². The van der Waals surface area contributed by atoms with Gasteiger partial charge in [0, 0.05) is 31.2 Å². The van der Waals surface area contributed by atoms with Gasteiger partial charge in [-0.05, 0) is 11.6 Å². The van der Waals surface area contributed by atoms with Crippen LogP contribution in [0.4, 0.5) is 0 Å². The average Bonchev–Trinajstić information content (AvgIpc) is 3.24. The van der Waals surface area contributed by atoms with E-state index in [1.165, 1.54) is 4.90 Å². The van der Waals surface area contributed by atoms with Gasteiger partial charge in [-0.1, -0.05) is 72.1 Å². The minimum Gasteiger partial charge on any atom is -0.444 e. The van der Waals surface area contributed by atoms with Crippen LogP contribution in [0.3, 0.4) is 0 Å². The minimum atomic E-state index is -0.973. The molecule has 1 aliphatic heterocycles. The van der Waals surface area contributed by atoms with E-state index in [0.717, 1.165) is 22.2 Å². The number of ether oxygens (including phenoxy) is 1. The third-order valence-electron chi connectivity index (χ3n) is 4.14. The highest BCUT2D eigenvalue weighted by atomic mass is 32.2. The molecular formula is C21H22N2O3S2. The van der Waals surface area contributed by atoms with E-state index in [-0.39, 0.29) is 5.91 Å². The van der Waals surface area contributed by atoms with Crippen molar-refractivity contribution in [3.05, 3.63) is 71.3 Å². The number of carbonyl (C=O) groups excluding carboxylic acids is 2. The van der Waals surface area contributed by atoms with Gasteiger partial charge in [0.1, 0.15) is 4.38 Å². The van der Waals surface area contributed by atoms with Gasteiger partial charge in [-0.25, -0.2) is 4.79 Å². The topological polar surface area (TPSA) is 59.0 Å². The summed E-state index contributed by atoms with van der Waals surface area (Å²) in [6.45, 7) is 0.849. The highest BCUT2D eigenvalue weighted by Gasteiger charge is 2.27. The van der Waals surface area contributed by atoms with E-state index in [9.17, 15) is 9.59 Å². The number of aliphatic imine (C=N–C) groups is 1. The van der Waals surface area contributed by atoms with Crippen molar-refractivity contribution in [2.45, 2.75) is 11.9 Å². The van der Waals surface area contributed by atoms with Gasteiger partial charge in [-0.3, -0.25) is 9.79 Å². The molecule has 0 saturated heterocycles. The molecule has 0 radical (unpaired) electrons. The molecule has 3 rings (SSSR count). The molecule has 146 valence electrons. The van der Waals surface area contributed by atoms with Gasteiger partial charge in [0.15, 0.2) is 0 Å². The minimum absolute atomic E-state index is 0.275. The molecule has 0 N–H and O–H groups in total. The van der Waals surface area contributed by atoms with Gasteiger partial charge in [-0.15, -0.1) is 0 Å². The molecule has 0 fully saturated rings. The zero-order valence-corrected chi connectivity index (χ0v) is 17.5. The average molecular weight is 415 g/mol. The Bertz CT molecular complexity index is 869. The van der Waals surface area contributed by atoms with Gasteiger partial charge < -0.3 is 9.64 Å². The number of esters is 1. The Hall–Kier alpha value is -2.25. The third kappa shape index (κ3) is 5.17. The van der Waals surface area contributed by atoms with Gasteiger partial charge in [0.05, 0.1) is 12.1 Å². The summed E-state index contributed by atoms with van der Waals surface area (Å²) in [4.78, 5) is 31.4. The maximum Gasteiger partial charge on any atom is 0.339 e.